The molecule has 1 aromatic heterocycles. The van der Waals surface area contributed by atoms with Crippen molar-refractivity contribution in [3.63, 3.8) is 0 Å². The zero-order chi connectivity index (χ0) is 10.9. The maximum absolute atomic E-state index is 6.15. The quantitative estimate of drug-likeness (QED) is 0.867. The smallest absolute Gasteiger partial charge is 0.170 e. The summed E-state index contributed by atoms with van der Waals surface area (Å²) in [6.07, 6.45) is 5.16. The number of aromatic nitrogens is 2. The van der Waals surface area contributed by atoms with Crippen LogP contribution in [-0.4, -0.2) is 20.6 Å². The molecule has 0 spiro atoms. The van der Waals surface area contributed by atoms with Crippen LogP contribution in [0.15, 0.2) is 10.7 Å². The SMILES string of the molecule is CC1(C)CCC(N)C(Sc2ncns2)C1. The number of thioether (sulfide) groups is 1. The zero-order valence-corrected chi connectivity index (χ0v) is 10.8. The Bertz CT molecular complexity index is 310. The normalized spacial score (nSPS) is 30.3. The van der Waals surface area contributed by atoms with Gasteiger partial charge in [0.25, 0.3) is 0 Å². The van der Waals surface area contributed by atoms with Gasteiger partial charge in [-0.1, -0.05) is 25.6 Å². The van der Waals surface area contributed by atoms with Gasteiger partial charge in [-0.2, -0.15) is 4.37 Å². The van der Waals surface area contributed by atoms with Gasteiger partial charge in [0, 0.05) is 11.3 Å². The Morgan fingerprint density at radius 3 is 3.07 bits per heavy atom. The Morgan fingerprint density at radius 1 is 1.60 bits per heavy atom. The summed E-state index contributed by atoms with van der Waals surface area (Å²) in [4.78, 5) is 4.21. The molecule has 1 aliphatic carbocycles. The topological polar surface area (TPSA) is 51.8 Å². The predicted octanol–water partition coefficient (Wildman–Crippen LogP) is 2.54. The molecule has 84 valence electrons. The molecule has 3 nitrogen and oxygen atoms in total. The highest BCUT2D eigenvalue weighted by Crippen LogP contribution is 2.42. The standard InChI is InChI=1S/C10H17N3S2/c1-10(2)4-3-7(11)8(5-10)14-9-12-6-13-15-9/h6-8H,3-5,11H2,1-2H3. The summed E-state index contributed by atoms with van der Waals surface area (Å²) in [6.45, 7) is 4.65. The van der Waals surface area contributed by atoms with Gasteiger partial charge in [0.05, 0.1) is 0 Å². The van der Waals surface area contributed by atoms with E-state index in [9.17, 15) is 0 Å². The first kappa shape index (κ1) is 11.4. The number of nitrogens with zero attached hydrogens (tertiary/aromatic N) is 2. The summed E-state index contributed by atoms with van der Waals surface area (Å²) in [6, 6.07) is 0.312. The first-order valence-corrected chi connectivity index (χ1v) is 6.91. The van der Waals surface area contributed by atoms with Crippen LogP contribution in [0.1, 0.15) is 33.1 Å². The second kappa shape index (κ2) is 4.39. The molecule has 2 unspecified atom stereocenters. The van der Waals surface area contributed by atoms with Gasteiger partial charge in [-0.3, -0.25) is 0 Å². The maximum atomic E-state index is 6.15. The van der Waals surface area contributed by atoms with Crippen molar-refractivity contribution in [3.05, 3.63) is 6.33 Å². The molecule has 1 fully saturated rings. The lowest BCUT2D eigenvalue weighted by molar-refractivity contribution is 0.232. The summed E-state index contributed by atoms with van der Waals surface area (Å²) in [5.74, 6) is 0. The Balaban J connectivity index is 2.01. The second-order valence-corrected chi connectivity index (χ2v) is 7.20. The Labute approximate surface area is 99.0 Å². The number of rotatable bonds is 2. The maximum Gasteiger partial charge on any atom is 0.170 e. The van der Waals surface area contributed by atoms with E-state index < -0.39 is 0 Å². The fourth-order valence-corrected chi connectivity index (χ4v) is 4.18. The number of nitrogens with two attached hydrogens (primary N) is 1. The highest BCUT2D eigenvalue weighted by atomic mass is 32.2. The molecule has 1 aliphatic rings. The van der Waals surface area contributed by atoms with Gasteiger partial charge in [-0.25, -0.2) is 4.98 Å². The third kappa shape index (κ3) is 2.92. The van der Waals surface area contributed by atoms with Gasteiger partial charge in [0.2, 0.25) is 0 Å². The van der Waals surface area contributed by atoms with E-state index in [1.54, 1.807) is 18.1 Å². The van der Waals surface area contributed by atoms with Crippen LogP contribution in [0.4, 0.5) is 0 Å². The summed E-state index contributed by atoms with van der Waals surface area (Å²) in [5.41, 5.74) is 6.58. The van der Waals surface area contributed by atoms with Crippen molar-refractivity contribution in [2.24, 2.45) is 11.1 Å². The van der Waals surface area contributed by atoms with Gasteiger partial charge >= 0.3 is 0 Å². The lowest BCUT2D eigenvalue weighted by atomic mass is 9.75. The van der Waals surface area contributed by atoms with Crippen LogP contribution < -0.4 is 5.73 Å². The summed E-state index contributed by atoms with van der Waals surface area (Å²) >= 11 is 3.27. The van der Waals surface area contributed by atoms with Crippen LogP contribution in [-0.2, 0) is 0 Å². The molecule has 1 saturated carbocycles. The molecule has 0 amide bonds. The molecule has 0 aliphatic heterocycles. The molecule has 0 bridgehead atoms. The van der Waals surface area contributed by atoms with Crippen molar-refractivity contribution in [2.75, 3.05) is 0 Å². The van der Waals surface area contributed by atoms with Crippen LogP contribution in [0.2, 0.25) is 0 Å². The Hall–Kier alpha value is -0.130. The van der Waals surface area contributed by atoms with E-state index in [2.05, 4.69) is 23.2 Å². The van der Waals surface area contributed by atoms with Gasteiger partial charge in [-0.05, 0) is 36.2 Å². The number of hydrogen-bond donors (Lipinski definition) is 1. The van der Waals surface area contributed by atoms with Gasteiger partial charge in [-0.15, -0.1) is 0 Å². The van der Waals surface area contributed by atoms with E-state index >= 15 is 0 Å². The van der Waals surface area contributed by atoms with E-state index in [1.165, 1.54) is 24.4 Å². The van der Waals surface area contributed by atoms with E-state index in [-0.39, 0.29) is 0 Å². The molecular weight excluding hydrogens is 226 g/mol. The second-order valence-electron chi connectivity index (χ2n) is 4.93. The van der Waals surface area contributed by atoms with E-state index in [0.717, 1.165) is 10.8 Å². The molecule has 2 atom stereocenters. The van der Waals surface area contributed by atoms with Crippen molar-refractivity contribution in [1.29, 1.82) is 0 Å². The third-order valence-corrected chi connectivity index (χ3v) is 5.08. The molecule has 1 aromatic rings. The molecule has 2 rings (SSSR count). The highest BCUT2D eigenvalue weighted by molar-refractivity contribution is 8.01. The third-order valence-electron chi connectivity index (χ3n) is 2.98. The van der Waals surface area contributed by atoms with E-state index in [1.807, 2.05) is 0 Å². The van der Waals surface area contributed by atoms with Gasteiger partial charge in [0.15, 0.2) is 4.34 Å². The van der Waals surface area contributed by atoms with Gasteiger partial charge in [0.1, 0.15) is 6.33 Å². The Morgan fingerprint density at radius 2 is 2.40 bits per heavy atom. The number of hydrogen-bond acceptors (Lipinski definition) is 5. The van der Waals surface area contributed by atoms with E-state index in [0.29, 0.717) is 16.7 Å². The first-order chi connectivity index (χ1) is 7.07. The van der Waals surface area contributed by atoms with Crippen LogP contribution in [0.5, 0.6) is 0 Å². The highest BCUT2D eigenvalue weighted by Gasteiger charge is 2.33. The molecule has 1 heterocycles. The van der Waals surface area contributed by atoms with Crippen LogP contribution >= 0.6 is 23.3 Å². The fraction of sp³-hybridized carbons (Fsp3) is 0.800. The molecule has 0 saturated heterocycles. The van der Waals surface area contributed by atoms with Crippen molar-refractivity contribution >= 4 is 23.3 Å². The molecule has 0 aromatic carbocycles. The van der Waals surface area contributed by atoms with Crippen molar-refractivity contribution in [2.45, 2.75) is 48.7 Å². The Kier molecular flexibility index (Phi) is 3.33. The minimum absolute atomic E-state index is 0.312. The van der Waals surface area contributed by atoms with Crippen LogP contribution in [0.25, 0.3) is 0 Å². The lowest BCUT2D eigenvalue weighted by Gasteiger charge is -2.38. The summed E-state index contributed by atoms with van der Waals surface area (Å²) < 4.78 is 5.07. The fourth-order valence-electron chi connectivity index (χ4n) is 2.01. The minimum Gasteiger partial charge on any atom is -0.327 e. The minimum atomic E-state index is 0.312. The largest absolute Gasteiger partial charge is 0.327 e. The van der Waals surface area contributed by atoms with Crippen molar-refractivity contribution in [3.8, 4) is 0 Å². The molecular formula is C10H17N3S2. The first-order valence-electron chi connectivity index (χ1n) is 5.26. The van der Waals surface area contributed by atoms with Crippen molar-refractivity contribution in [1.82, 2.24) is 9.36 Å². The zero-order valence-electron chi connectivity index (χ0n) is 9.14. The summed E-state index contributed by atoms with van der Waals surface area (Å²) in [5, 5.41) is 0.502. The molecule has 0 radical (unpaired) electrons. The average Bonchev–Trinajstić information content (AvgIpc) is 2.64. The average molecular weight is 243 g/mol. The van der Waals surface area contributed by atoms with Crippen molar-refractivity contribution < 1.29 is 0 Å². The molecule has 5 heteroatoms. The molecule has 2 N–H and O–H groups in total. The van der Waals surface area contributed by atoms with Crippen LogP contribution in [0.3, 0.4) is 0 Å². The molecule has 15 heavy (non-hydrogen) atoms. The summed E-state index contributed by atoms with van der Waals surface area (Å²) in [7, 11) is 0. The predicted molar refractivity (Wildman–Crippen MR) is 65.2 cm³/mol. The van der Waals surface area contributed by atoms with Gasteiger partial charge < -0.3 is 5.73 Å². The lowest BCUT2D eigenvalue weighted by Crippen LogP contribution is -2.41. The monoisotopic (exact) mass is 243 g/mol. The van der Waals surface area contributed by atoms with Crippen LogP contribution in [0, 0.1) is 5.41 Å². The van der Waals surface area contributed by atoms with E-state index in [4.69, 9.17) is 5.73 Å².